The highest BCUT2D eigenvalue weighted by molar-refractivity contribution is 5.68. The van der Waals surface area contributed by atoms with Gasteiger partial charge in [0.2, 0.25) is 0 Å². The molecule has 3 aliphatic carbocycles. The third-order valence-electron chi connectivity index (χ3n) is 6.58. The van der Waals surface area contributed by atoms with E-state index in [-0.39, 0.29) is 6.09 Å². The molecule has 0 aromatic rings. The molecule has 4 nitrogen and oxygen atoms in total. The number of likely N-dealkylation sites (tertiary alicyclic amines) is 1. The molecule has 1 saturated heterocycles. The van der Waals surface area contributed by atoms with E-state index in [4.69, 9.17) is 4.74 Å². The van der Waals surface area contributed by atoms with Crippen molar-refractivity contribution in [3.05, 3.63) is 0 Å². The summed E-state index contributed by atoms with van der Waals surface area (Å²) >= 11 is 0. The largest absolute Gasteiger partial charge is 0.444 e. The summed E-state index contributed by atoms with van der Waals surface area (Å²) in [5.74, 6) is 3.95. The molecule has 4 rings (SSSR count). The SMILES string of the molecule is CC(C)(C)OC(=O)N1CCCCC1CNC1C2C3CCC(C3)C12. The maximum atomic E-state index is 12.5. The minimum Gasteiger partial charge on any atom is -0.444 e. The van der Waals surface area contributed by atoms with Crippen LogP contribution < -0.4 is 5.32 Å². The van der Waals surface area contributed by atoms with Crippen molar-refractivity contribution in [1.29, 1.82) is 0 Å². The Bertz CT molecular complexity index is 456. The Morgan fingerprint density at radius 3 is 2.48 bits per heavy atom. The summed E-state index contributed by atoms with van der Waals surface area (Å²) in [7, 11) is 0. The standard InChI is InChI=1S/C19H32N2O2/c1-19(2,3)23-18(22)21-9-5-4-6-14(21)11-20-17-15-12-7-8-13(10-12)16(15)17/h12-17,20H,4-11H2,1-3H3. The van der Waals surface area contributed by atoms with Crippen molar-refractivity contribution >= 4 is 6.09 Å². The van der Waals surface area contributed by atoms with Gasteiger partial charge in [0, 0.05) is 25.2 Å². The van der Waals surface area contributed by atoms with E-state index < -0.39 is 5.60 Å². The van der Waals surface area contributed by atoms with Gasteiger partial charge in [0.15, 0.2) is 0 Å². The number of amides is 1. The van der Waals surface area contributed by atoms with Gasteiger partial charge in [-0.1, -0.05) is 0 Å². The molecule has 0 aromatic heterocycles. The molecule has 2 bridgehead atoms. The van der Waals surface area contributed by atoms with Gasteiger partial charge in [-0.05, 0) is 83.0 Å². The number of carbonyl (C=O) groups is 1. The number of piperidine rings is 1. The van der Waals surface area contributed by atoms with Crippen LogP contribution in [0.5, 0.6) is 0 Å². The van der Waals surface area contributed by atoms with Crippen LogP contribution in [0, 0.1) is 23.7 Å². The van der Waals surface area contributed by atoms with Crippen molar-refractivity contribution < 1.29 is 9.53 Å². The molecule has 5 unspecified atom stereocenters. The van der Waals surface area contributed by atoms with E-state index >= 15 is 0 Å². The number of nitrogens with one attached hydrogen (secondary N) is 1. The molecule has 4 fully saturated rings. The quantitative estimate of drug-likeness (QED) is 0.866. The highest BCUT2D eigenvalue weighted by Gasteiger charge is 2.64. The summed E-state index contributed by atoms with van der Waals surface area (Å²) in [6.07, 6.45) is 7.76. The normalized spacial score (nSPS) is 41.8. The smallest absolute Gasteiger partial charge is 0.410 e. The van der Waals surface area contributed by atoms with Gasteiger partial charge in [0.25, 0.3) is 0 Å². The van der Waals surface area contributed by atoms with Gasteiger partial charge in [0.05, 0.1) is 0 Å². The molecule has 130 valence electrons. The number of fused-ring (bicyclic) bond motifs is 5. The third-order valence-corrected chi connectivity index (χ3v) is 6.58. The van der Waals surface area contributed by atoms with E-state index in [0.29, 0.717) is 6.04 Å². The Kier molecular flexibility index (Phi) is 3.86. The Hall–Kier alpha value is -0.770. The van der Waals surface area contributed by atoms with E-state index in [1.54, 1.807) is 0 Å². The molecule has 1 N–H and O–H groups in total. The van der Waals surface area contributed by atoms with Crippen molar-refractivity contribution in [1.82, 2.24) is 10.2 Å². The van der Waals surface area contributed by atoms with Gasteiger partial charge in [0.1, 0.15) is 5.60 Å². The van der Waals surface area contributed by atoms with Crippen LogP contribution in [0.1, 0.15) is 59.3 Å². The van der Waals surface area contributed by atoms with Crippen molar-refractivity contribution in [3.8, 4) is 0 Å². The lowest BCUT2D eigenvalue weighted by Gasteiger charge is -2.37. The van der Waals surface area contributed by atoms with Gasteiger partial charge >= 0.3 is 6.09 Å². The first kappa shape index (κ1) is 15.7. The molecule has 1 heterocycles. The molecule has 0 spiro atoms. The summed E-state index contributed by atoms with van der Waals surface area (Å²) in [5.41, 5.74) is -0.404. The summed E-state index contributed by atoms with van der Waals surface area (Å²) in [6.45, 7) is 7.65. The minimum absolute atomic E-state index is 0.125. The predicted molar refractivity (Wildman–Crippen MR) is 90.2 cm³/mol. The molecule has 1 aliphatic heterocycles. The number of nitrogens with zero attached hydrogens (tertiary/aromatic N) is 1. The highest BCUT2D eigenvalue weighted by atomic mass is 16.6. The first-order valence-electron chi connectivity index (χ1n) is 9.67. The van der Waals surface area contributed by atoms with Crippen LogP contribution in [-0.4, -0.2) is 41.8 Å². The fraction of sp³-hybridized carbons (Fsp3) is 0.947. The van der Waals surface area contributed by atoms with Gasteiger partial charge in [-0.3, -0.25) is 0 Å². The van der Waals surface area contributed by atoms with Gasteiger partial charge < -0.3 is 15.0 Å². The van der Waals surface area contributed by atoms with E-state index in [0.717, 1.165) is 55.6 Å². The van der Waals surface area contributed by atoms with Crippen LogP contribution >= 0.6 is 0 Å². The fourth-order valence-electron chi connectivity index (χ4n) is 5.64. The molecule has 5 atom stereocenters. The minimum atomic E-state index is -0.404. The van der Waals surface area contributed by atoms with Crippen molar-refractivity contribution in [2.24, 2.45) is 23.7 Å². The molecule has 4 heteroatoms. The maximum Gasteiger partial charge on any atom is 0.410 e. The van der Waals surface area contributed by atoms with Crippen molar-refractivity contribution in [2.75, 3.05) is 13.1 Å². The maximum absolute atomic E-state index is 12.5. The Labute approximate surface area is 140 Å². The molecule has 4 aliphatic rings. The first-order valence-corrected chi connectivity index (χ1v) is 9.67. The molecular weight excluding hydrogens is 288 g/mol. The van der Waals surface area contributed by atoms with Crippen LogP contribution in [-0.2, 0) is 4.74 Å². The van der Waals surface area contributed by atoms with Gasteiger partial charge in [-0.25, -0.2) is 4.79 Å². The average Bonchev–Trinajstić information content (AvgIpc) is 2.86. The second-order valence-electron chi connectivity index (χ2n) is 9.25. The van der Waals surface area contributed by atoms with Crippen LogP contribution in [0.2, 0.25) is 0 Å². The second-order valence-corrected chi connectivity index (χ2v) is 9.25. The van der Waals surface area contributed by atoms with E-state index in [1.807, 2.05) is 25.7 Å². The average molecular weight is 320 g/mol. The fourth-order valence-corrected chi connectivity index (χ4v) is 5.64. The summed E-state index contributed by atoms with van der Waals surface area (Å²) in [6, 6.07) is 1.07. The molecule has 0 radical (unpaired) electrons. The topological polar surface area (TPSA) is 41.6 Å². The molecular formula is C19H32N2O2. The van der Waals surface area contributed by atoms with Crippen molar-refractivity contribution in [2.45, 2.75) is 77.0 Å². The van der Waals surface area contributed by atoms with Crippen LogP contribution in [0.4, 0.5) is 4.79 Å². The van der Waals surface area contributed by atoms with Crippen LogP contribution in [0.15, 0.2) is 0 Å². The zero-order chi connectivity index (χ0) is 16.2. The lowest BCUT2D eigenvalue weighted by atomic mass is 10.0. The van der Waals surface area contributed by atoms with E-state index in [1.165, 1.54) is 25.7 Å². The van der Waals surface area contributed by atoms with E-state index in [9.17, 15) is 4.79 Å². The summed E-state index contributed by atoms with van der Waals surface area (Å²) in [5, 5.41) is 3.83. The Morgan fingerprint density at radius 1 is 1.13 bits per heavy atom. The van der Waals surface area contributed by atoms with Gasteiger partial charge in [-0.2, -0.15) is 0 Å². The van der Waals surface area contributed by atoms with Crippen LogP contribution in [0.3, 0.4) is 0 Å². The zero-order valence-corrected chi connectivity index (χ0v) is 14.9. The molecule has 1 amide bonds. The summed E-state index contributed by atoms with van der Waals surface area (Å²) in [4.78, 5) is 14.5. The number of hydrogen-bond donors (Lipinski definition) is 1. The number of carbonyl (C=O) groups excluding carboxylic acids is 1. The number of ether oxygens (including phenoxy) is 1. The third kappa shape index (κ3) is 2.99. The molecule has 23 heavy (non-hydrogen) atoms. The zero-order valence-electron chi connectivity index (χ0n) is 14.9. The van der Waals surface area contributed by atoms with E-state index in [2.05, 4.69) is 5.32 Å². The van der Waals surface area contributed by atoms with Crippen LogP contribution in [0.25, 0.3) is 0 Å². The Morgan fingerprint density at radius 2 is 1.83 bits per heavy atom. The number of hydrogen-bond acceptors (Lipinski definition) is 3. The lowest BCUT2D eigenvalue weighted by molar-refractivity contribution is 0.00980. The highest BCUT2D eigenvalue weighted by Crippen LogP contribution is 2.65. The predicted octanol–water partition coefficient (Wildman–Crippen LogP) is 3.41. The molecule has 3 saturated carbocycles. The number of rotatable bonds is 3. The monoisotopic (exact) mass is 320 g/mol. The lowest BCUT2D eigenvalue weighted by Crippen LogP contribution is -2.50. The Balaban J connectivity index is 1.31. The second kappa shape index (κ2) is 5.65. The van der Waals surface area contributed by atoms with Gasteiger partial charge in [-0.15, -0.1) is 0 Å². The summed E-state index contributed by atoms with van der Waals surface area (Å²) < 4.78 is 5.61. The molecule has 0 aromatic carbocycles. The van der Waals surface area contributed by atoms with Crippen molar-refractivity contribution in [3.63, 3.8) is 0 Å². The first-order chi connectivity index (χ1) is 10.9.